The van der Waals surface area contributed by atoms with E-state index >= 15 is 0 Å². The van der Waals surface area contributed by atoms with E-state index in [0.717, 1.165) is 19.3 Å². The summed E-state index contributed by atoms with van der Waals surface area (Å²) in [5, 5.41) is 0. The first-order valence-electron chi connectivity index (χ1n) is 8.60. The van der Waals surface area contributed by atoms with Gasteiger partial charge in [0.15, 0.2) is 0 Å². The predicted molar refractivity (Wildman–Crippen MR) is 93.0 cm³/mol. The maximum Gasteiger partial charge on any atom is 0.309 e. The largest absolute Gasteiger partial charge is 0.466 e. The van der Waals surface area contributed by atoms with Gasteiger partial charge in [-0.3, -0.25) is 9.59 Å². The molecule has 0 N–H and O–H groups in total. The summed E-state index contributed by atoms with van der Waals surface area (Å²) < 4.78 is 10.5. The lowest BCUT2D eigenvalue weighted by Crippen LogP contribution is -2.31. The first-order valence-corrected chi connectivity index (χ1v) is 8.60. The Balaban J connectivity index is 4.82. The summed E-state index contributed by atoms with van der Waals surface area (Å²) in [5.41, 5.74) is -0.545. The zero-order chi connectivity index (χ0) is 18.0. The van der Waals surface area contributed by atoms with Crippen LogP contribution in [0, 0.1) is 17.8 Å². The topological polar surface area (TPSA) is 52.6 Å². The van der Waals surface area contributed by atoms with Gasteiger partial charge in [0.2, 0.25) is 0 Å². The summed E-state index contributed by atoms with van der Waals surface area (Å²) >= 11 is 0. The molecule has 0 spiro atoms. The molecule has 134 valence electrons. The van der Waals surface area contributed by atoms with Crippen molar-refractivity contribution in [1.29, 1.82) is 0 Å². The number of hydrogen-bond acceptors (Lipinski definition) is 4. The molecule has 0 saturated heterocycles. The van der Waals surface area contributed by atoms with Gasteiger partial charge >= 0.3 is 11.9 Å². The van der Waals surface area contributed by atoms with E-state index in [1.807, 2.05) is 33.8 Å². The lowest BCUT2D eigenvalue weighted by molar-refractivity contribution is -0.163. The third-order valence-electron chi connectivity index (χ3n) is 3.72. The number of carbonyl (C=O) groups is 2. The minimum absolute atomic E-state index is 0.0707. The van der Waals surface area contributed by atoms with E-state index in [-0.39, 0.29) is 24.3 Å². The van der Waals surface area contributed by atoms with E-state index in [2.05, 4.69) is 13.5 Å². The third-order valence-corrected chi connectivity index (χ3v) is 3.72. The van der Waals surface area contributed by atoms with Gasteiger partial charge < -0.3 is 9.47 Å². The number of rotatable bonds is 10. The van der Waals surface area contributed by atoms with Gasteiger partial charge in [0.05, 0.1) is 18.9 Å². The molecule has 4 nitrogen and oxygen atoms in total. The molecular weight excluding hydrogens is 292 g/mol. The maximum atomic E-state index is 12.2. The van der Waals surface area contributed by atoms with Crippen molar-refractivity contribution in [2.75, 3.05) is 6.61 Å². The molecule has 4 heteroatoms. The Morgan fingerprint density at radius 1 is 1.22 bits per heavy atom. The smallest absolute Gasteiger partial charge is 0.309 e. The van der Waals surface area contributed by atoms with Gasteiger partial charge in [0.25, 0.3) is 0 Å². The van der Waals surface area contributed by atoms with Crippen molar-refractivity contribution >= 4 is 11.9 Å². The number of carbonyl (C=O) groups excluding carboxylic acids is 2. The molecule has 23 heavy (non-hydrogen) atoms. The standard InChI is InChI=1S/C19H34O4/c1-8-10-11-14(3)12-15(4)16(18(21)22-9-2)13-17(20)23-19(5,6)7/h8,14-16H,1,9-13H2,2-7H3/t14?,15-,16?/m1/s1. The lowest BCUT2D eigenvalue weighted by atomic mass is 9.83. The summed E-state index contributed by atoms with van der Waals surface area (Å²) in [6.45, 7) is 15.5. The normalized spacial score (nSPS) is 15.4. The fraction of sp³-hybridized carbons (Fsp3) is 0.789. The fourth-order valence-corrected chi connectivity index (χ4v) is 2.65. The zero-order valence-electron chi connectivity index (χ0n) is 15.7. The molecule has 0 aliphatic rings. The Kier molecular flexibility index (Phi) is 9.85. The van der Waals surface area contributed by atoms with Crippen molar-refractivity contribution in [3.8, 4) is 0 Å². The number of ether oxygens (including phenoxy) is 2. The molecule has 0 aliphatic carbocycles. The quantitative estimate of drug-likeness (QED) is 0.437. The average molecular weight is 326 g/mol. The second-order valence-corrected chi connectivity index (χ2v) is 7.33. The van der Waals surface area contributed by atoms with Gasteiger partial charge in [-0.2, -0.15) is 0 Å². The van der Waals surface area contributed by atoms with E-state index in [1.54, 1.807) is 6.92 Å². The molecule has 2 unspecified atom stereocenters. The van der Waals surface area contributed by atoms with Crippen LogP contribution in [0.3, 0.4) is 0 Å². The molecule has 0 rings (SSSR count). The third kappa shape index (κ3) is 10.1. The summed E-state index contributed by atoms with van der Waals surface area (Å²) in [5.74, 6) is -0.557. The minimum Gasteiger partial charge on any atom is -0.466 e. The molecule has 3 atom stereocenters. The van der Waals surface area contributed by atoms with Gasteiger partial charge in [-0.25, -0.2) is 0 Å². The van der Waals surface area contributed by atoms with Crippen LogP contribution in [0.25, 0.3) is 0 Å². The van der Waals surface area contributed by atoms with Crippen molar-refractivity contribution in [3.05, 3.63) is 12.7 Å². The highest BCUT2D eigenvalue weighted by Crippen LogP contribution is 2.27. The monoisotopic (exact) mass is 326 g/mol. The Bertz CT molecular complexity index is 381. The molecule has 0 radical (unpaired) electrons. The van der Waals surface area contributed by atoms with Crippen molar-refractivity contribution in [2.45, 2.75) is 72.8 Å². The SMILES string of the molecule is C=CCCC(C)C[C@@H](C)C(CC(=O)OC(C)(C)C)C(=O)OCC. The van der Waals surface area contributed by atoms with Crippen LogP contribution in [-0.2, 0) is 19.1 Å². The van der Waals surface area contributed by atoms with Crippen LogP contribution in [0.4, 0.5) is 0 Å². The van der Waals surface area contributed by atoms with E-state index in [1.165, 1.54) is 0 Å². The second-order valence-electron chi connectivity index (χ2n) is 7.33. The maximum absolute atomic E-state index is 12.2. The van der Waals surface area contributed by atoms with E-state index in [9.17, 15) is 9.59 Å². The highest BCUT2D eigenvalue weighted by atomic mass is 16.6. The second kappa shape index (κ2) is 10.5. The molecule has 0 aromatic rings. The van der Waals surface area contributed by atoms with E-state index in [0.29, 0.717) is 12.5 Å². The first-order chi connectivity index (χ1) is 10.6. The van der Waals surface area contributed by atoms with Crippen LogP contribution in [0.1, 0.15) is 67.2 Å². The Hall–Kier alpha value is -1.32. The van der Waals surface area contributed by atoms with Gasteiger partial charge in [0.1, 0.15) is 5.60 Å². The van der Waals surface area contributed by atoms with Crippen molar-refractivity contribution in [3.63, 3.8) is 0 Å². The lowest BCUT2D eigenvalue weighted by Gasteiger charge is -2.26. The van der Waals surface area contributed by atoms with Crippen LogP contribution in [0.2, 0.25) is 0 Å². The van der Waals surface area contributed by atoms with Gasteiger partial charge in [0, 0.05) is 0 Å². The zero-order valence-corrected chi connectivity index (χ0v) is 15.7. The molecule has 0 aromatic heterocycles. The number of allylic oxidation sites excluding steroid dienone is 1. The molecular formula is C19H34O4. The van der Waals surface area contributed by atoms with Crippen molar-refractivity contribution < 1.29 is 19.1 Å². The molecule has 0 bridgehead atoms. The van der Waals surface area contributed by atoms with Crippen LogP contribution in [-0.4, -0.2) is 24.1 Å². The summed E-state index contributed by atoms with van der Waals surface area (Å²) in [6, 6.07) is 0. The minimum atomic E-state index is -0.545. The Morgan fingerprint density at radius 2 is 1.83 bits per heavy atom. The predicted octanol–water partition coefficient (Wildman–Crippen LogP) is 4.53. The Morgan fingerprint density at radius 3 is 2.30 bits per heavy atom. The van der Waals surface area contributed by atoms with E-state index in [4.69, 9.17) is 9.47 Å². The molecule has 0 amide bonds. The van der Waals surface area contributed by atoms with Gasteiger partial charge in [-0.15, -0.1) is 6.58 Å². The highest BCUT2D eigenvalue weighted by Gasteiger charge is 2.31. The summed E-state index contributed by atoms with van der Waals surface area (Å²) in [4.78, 5) is 24.3. The fourth-order valence-electron chi connectivity index (χ4n) is 2.65. The van der Waals surface area contributed by atoms with Crippen molar-refractivity contribution in [1.82, 2.24) is 0 Å². The van der Waals surface area contributed by atoms with Crippen molar-refractivity contribution in [2.24, 2.45) is 17.8 Å². The number of hydrogen-bond donors (Lipinski definition) is 0. The molecule has 0 saturated carbocycles. The average Bonchev–Trinajstić information content (AvgIpc) is 2.40. The molecule has 0 aliphatic heterocycles. The Labute approximate surface area is 141 Å². The van der Waals surface area contributed by atoms with Crippen LogP contribution < -0.4 is 0 Å². The highest BCUT2D eigenvalue weighted by molar-refractivity contribution is 5.80. The van der Waals surface area contributed by atoms with Crippen LogP contribution >= 0.6 is 0 Å². The van der Waals surface area contributed by atoms with Crippen LogP contribution in [0.5, 0.6) is 0 Å². The molecule has 0 aromatic carbocycles. The molecule has 0 fully saturated rings. The van der Waals surface area contributed by atoms with E-state index < -0.39 is 11.5 Å². The summed E-state index contributed by atoms with van der Waals surface area (Å²) in [7, 11) is 0. The number of esters is 2. The first kappa shape index (κ1) is 21.7. The molecule has 0 heterocycles. The van der Waals surface area contributed by atoms with Crippen LogP contribution in [0.15, 0.2) is 12.7 Å². The summed E-state index contributed by atoms with van der Waals surface area (Å²) in [6.07, 6.45) is 4.86. The van der Waals surface area contributed by atoms with Gasteiger partial charge in [-0.1, -0.05) is 19.9 Å². The van der Waals surface area contributed by atoms with Gasteiger partial charge in [-0.05, 0) is 58.8 Å².